The van der Waals surface area contributed by atoms with E-state index in [9.17, 15) is 8.42 Å². The van der Waals surface area contributed by atoms with Crippen LogP contribution in [0.3, 0.4) is 0 Å². The number of anilines is 1. The number of pyridine rings is 1. The summed E-state index contributed by atoms with van der Waals surface area (Å²) in [7, 11) is 0.515. The van der Waals surface area contributed by atoms with E-state index in [1.807, 2.05) is 6.92 Å². The van der Waals surface area contributed by atoms with Crippen molar-refractivity contribution in [3.05, 3.63) is 42.0 Å². The molecule has 3 rings (SSSR count). The smallest absolute Gasteiger partial charge is 0.240 e. The Bertz CT molecular complexity index is 1270. The summed E-state index contributed by atoms with van der Waals surface area (Å²) in [6, 6.07) is 5.16. The fourth-order valence-electron chi connectivity index (χ4n) is 3.67. The minimum absolute atomic E-state index is 0.0383. The molecule has 0 spiro atoms. The summed E-state index contributed by atoms with van der Waals surface area (Å²) >= 11 is 0. The molecule has 0 saturated heterocycles. The third-order valence-corrected chi connectivity index (χ3v) is 7.42. The normalized spacial score (nSPS) is 14.2. The van der Waals surface area contributed by atoms with E-state index >= 15 is 0 Å². The number of nitrogens with one attached hydrogen (secondary N) is 1. The van der Waals surface area contributed by atoms with Crippen LogP contribution in [0.4, 0.5) is 5.95 Å². The van der Waals surface area contributed by atoms with E-state index in [0.717, 1.165) is 0 Å². The average molecular weight is 550 g/mol. The molecule has 0 bridgehead atoms. The van der Waals surface area contributed by atoms with Crippen LogP contribution in [0.15, 0.2) is 30.6 Å². The maximum atomic E-state index is 13.6. The molecule has 0 fully saturated rings. The van der Waals surface area contributed by atoms with Gasteiger partial charge in [-0.25, -0.2) is 13.4 Å². The molecule has 0 aliphatic heterocycles. The lowest BCUT2D eigenvalue weighted by atomic mass is 10.2. The highest BCUT2D eigenvalue weighted by atomic mass is 32.2. The molecule has 1 unspecified atom stereocenters. The second-order valence-electron chi connectivity index (χ2n) is 8.48. The summed E-state index contributed by atoms with van der Waals surface area (Å²) in [5, 5.41) is 7.34. The topological polar surface area (TPSA) is 152 Å². The lowest BCUT2D eigenvalue weighted by Gasteiger charge is -2.25. The second-order valence-corrected chi connectivity index (χ2v) is 10.5. The molecule has 13 nitrogen and oxygen atoms in total. The predicted molar refractivity (Wildman–Crippen MR) is 140 cm³/mol. The quantitative estimate of drug-likeness (QED) is 0.298. The standard InChI is InChI=1S/C24H35N7O6S/c1-7-12-37-22(19-15-25-16(2)14-26-19)17(3)38(32,33)30-24-29-28-23(18-9-8-10-20(27-18)35-5)31(24)21(36-6)11-13-34-4/h8-10,14-15,17,21-22H,7,11-13H2,1-6H3,(H,29,30)/t17-,21?,22+/m0/s1. The Morgan fingerprint density at radius 3 is 2.50 bits per heavy atom. The van der Waals surface area contributed by atoms with Crippen LogP contribution in [0.25, 0.3) is 11.5 Å². The summed E-state index contributed by atoms with van der Waals surface area (Å²) in [5.41, 5.74) is 1.55. The summed E-state index contributed by atoms with van der Waals surface area (Å²) < 4.78 is 53.5. The predicted octanol–water partition coefficient (Wildman–Crippen LogP) is 2.93. The number of methoxy groups -OCH3 is 3. The Morgan fingerprint density at radius 1 is 1.08 bits per heavy atom. The molecule has 3 aromatic rings. The number of nitrogens with zero attached hydrogens (tertiary/aromatic N) is 6. The van der Waals surface area contributed by atoms with Gasteiger partial charge in [-0.2, -0.15) is 0 Å². The van der Waals surface area contributed by atoms with Crippen molar-refractivity contribution in [1.29, 1.82) is 0 Å². The highest BCUT2D eigenvalue weighted by molar-refractivity contribution is 7.93. The minimum Gasteiger partial charge on any atom is -0.481 e. The van der Waals surface area contributed by atoms with Crippen molar-refractivity contribution < 1.29 is 27.4 Å². The average Bonchev–Trinajstić information content (AvgIpc) is 3.32. The van der Waals surface area contributed by atoms with Crippen LogP contribution >= 0.6 is 0 Å². The van der Waals surface area contributed by atoms with Crippen molar-refractivity contribution in [2.75, 3.05) is 39.3 Å². The van der Waals surface area contributed by atoms with Crippen molar-refractivity contribution in [2.45, 2.75) is 51.2 Å². The van der Waals surface area contributed by atoms with Crippen LogP contribution in [-0.2, 0) is 24.2 Å². The second kappa shape index (κ2) is 13.6. The van der Waals surface area contributed by atoms with Gasteiger partial charge in [0.25, 0.3) is 0 Å². The molecule has 208 valence electrons. The van der Waals surface area contributed by atoms with Gasteiger partial charge < -0.3 is 18.9 Å². The number of rotatable bonds is 15. The maximum Gasteiger partial charge on any atom is 0.240 e. The third-order valence-electron chi connectivity index (χ3n) is 5.73. The zero-order chi connectivity index (χ0) is 27.7. The van der Waals surface area contributed by atoms with E-state index in [1.54, 1.807) is 49.9 Å². The number of aryl methyl sites for hydroxylation is 1. The van der Waals surface area contributed by atoms with Gasteiger partial charge in [0.05, 0.1) is 31.3 Å². The Hall–Kier alpha value is -3.20. The van der Waals surface area contributed by atoms with Crippen molar-refractivity contribution in [2.24, 2.45) is 0 Å². The van der Waals surface area contributed by atoms with E-state index in [1.165, 1.54) is 20.4 Å². The summed E-state index contributed by atoms with van der Waals surface area (Å²) in [6.45, 7) is 6.00. The van der Waals surface area contributed by atoms with Gasteiger partial charge in [0.1, 0.15) is 23.3 Å². The van der Waals surface area contributed by atoms with Crippen LogP contribution in [0.2, 0.25) is 0 Å². The molecular formula is C24H35N7O6S. The third kappa shape index (κ3) is 7.01. The Balaban J connectivity index is 2.02. The molecule has 3 heterocycles. The fourth-order valence-corrected chi connectivity index (χ4v) is 4.79. The van der Waals surface area contributed by atoms with Gasteiger partial charge in [-0.05, 0) is 26.3 Å². The SMILES string of the molecule is CCCO[C@@H](c1cnc(C)cn1)[C@H](C)S(=O)(=O)Nc1nnc(-c2cccc(OC)n2)n1C(CCOC)OC. The number of aromatic nitrogens is 6. The first-order valence-electron chi connectivity index (χ1n) is 12.2. The molecule has 0 amide bonds. The van der Waals surface area contributed by atoms with E-state index < -0.39 is 27.6 Å². The van der Waals surface area contributed by atoms with Gasteiger partial charge in [-0.1, -0.05) is 13.0 Å². The Labute approximate surface area is 223 Å². The van der Waals surface area contributed by atoms with Gasteiger partial charge in [0, 0.05) is 39.5 Å². The van der Waals surface area contributed by atoms with E-state index in [-0.39, 0.29) is 5.95 Å². The molecular weight excluding hydrogens is 514 g/mol. The van der Waals surface area contributed by atoms with Gasteiger partial charge in [-0.15, -0.1) is 10.2 Å². The molecule has 0 aliphatic carbocycles. The van der Waals surface area contributed by atoms with Crippen molar-refractivity contribution in [3.8, 4) is 17.4 Å². The van der Waals surface area contributed by atoms with Crippen molar-refractivity contribution in [1.82, 2.24) is 29.7 Å². The fraction of sp³-hybridized carbons (Fsp3) is 0.542. The van der Waals surface area contributed by atoms with Gasteiger partial charge in [0.2, 0.25) is 21.9 Å². The van der Waals surface area contributed by atoms with E-state index in [4.69, 9.17) is 18.9 Å². The highest BCUT2D eigenvalue weighted by Crippen LogP contribution is 2.30. The molecule has 0 radical (unpaired) electrons. The van der Waals surface area contributed by atoms with Gasteiger partial charge in [0.15, 0.2) is 5.82 Å². The van der Waals surface area contributed by atoms with Crippen molar-refractivity contribution in [3.63, 3.8) is 0 Å². The molecule has 0 aliphatic rings. The Morgan fingerprint density at radius 2 is 1.87 bits per heavy atom. The number of hydrogen-bond donors (Lipinski definition) is 1. The lowest BCUT2D eigenvalue weighted by molar-refractivity contribution is 0.0189. The number of hydrogen-bond acceptors (Lipinski definition) is 11. The monoisotopic (exact) mass is 549 g/mol. The van der Waals surface area contributed by atoms with E-state index in [0.29, 0.717) is 54.8 Å². The first-order valence-corrected chi connectivity index (χ1v) is 13.7. The zero-order valence-corrected chi connectivity index (χ0v) is 23.3. The molecule has 1 N–H and O–H groups in total. The maximum absolute atomic E-state index is 13.6. The number of sulfonamides is 1. The first kappa shape index (κ1) is 29.4. The Kier molecular flexibility index (Phi) is 10.5. The van der Waals surface area contributed by atoms with E-state index in [2.05, 4.69) is 29.9 Å². The van der Waals surface area contributed by atoms with Crippen LogP contribution in [0.1, 0.15) is 50.4 Å². The van der Waals surface area contributed by atoms with Gasteiger partial charge in [-0.3, -0.25) is 19.3 Å². The molecule has 0 aromatic carbocycles. The largest absolute Gasteiger partial charge is 0.481 e. The highest BCUT2D eigenvalue weighted by Gasteiger charge is 2.35. The number of ether oxygens (including phenoxy) is 4. The van der Waals surface area contributed by atoms with Crippen LogP contribution in [-0.4, -0.2) is 77.9 Å². The molecule has 0 saturated carbocycles. The molecule has 3 atom stereocenters. The summed E-state index contributed by atoms with van der Waals surface area (Å²) in [6.07, 6.45) is 2.69. The zero-order valence-electron chi connectivity index (χ0n) is 22.5. The summed E-state index contributed by atoms with van der Waals surface area (Å²) in [4.78, 5) is 13.0. The minimum atomic E-state index is -4.07. The molecule has 3 aromatic heterocycles. The first-order chi connectivity index (χ1) is 18.2. The molecule has 14 heteroatoms. The van der Waals surface area contributed by atoms with Gasteiger partial charge >= 0.3 is 0 Å². The molecule has 38 heavy (non-hydrogen) atoms. The van der Waals surface area contributed by atoms with Crippen molar-refractivity contribution >= 4 is 16.0 Å². The lowest BCUT2D eigenvalue weighted by Crippen LogP contribution is -2.34. The van der Waals surface area contributed by atoms with Crippen LogP contribution in [0, 0.1) is 6.92 Å². The van der Waals surface area contributed by atoms with Crippen LogP contribution < -0.4 is 9.46 Å². The summed E-state index contributed by atoms with van der Waals surface area (Å²) in [5.74, 6) is 0.623. The van der Waals surface area contributed by atoms with Crippen LogP contribution in [0.5, 0.6) is 5.88 Å².